The van der Waals surface area contributed by atoms with Crippen molar-refractivity contribution in [3.8, 4) is 0 Å². The lowest BCUT2D eigenvalue weighted by Gasteiger charge is -2.21. The highest BCUT2D eigenvalue weighted by Crippen LogP contribution is 2.26. The van der Waals surface area contributed by atoms with Crippen molar-refractivity contribution >= 4 is 17.6 Å². The van der Waals surface area contributed by atoms with Crippen LogP contribution in [0.4, 0.5) is 4.39 Å². The molecule has 0 aromatic heterocycles. The lowest BCUT2D eigenvalue weighted by molar-refractivity contribution is -0.142. The fraction of sp³-hybridized carbons (Fsp3) is 0.364. The third-order valence-corrected chi connectivity index (χ3v) is 2.73. The molecule has 0 aliphatic heterocycles. The van der Waals surface area contributed by atoms with Gasteiger partial charge in [-0.05, 0) is 25.2 Å². The van der Waals surface area contributed by atoms with Gasteiger partial charge >= 0.3 is 5.97 Å². The predicted molar refractivity (Wildman–Crippen MR) is 60.0 cm³/mol. The summed E-state index contributed by atoms with van der Waals surface area (Å²) in [5.74, 6) is -2.19. The van der Waals surface area contributed by atoms with Crippen molar-refractivity contribution in [3.63, 3.8) is 0 Å². The molecule has 3 nitrogen and oxygen atoms in total. The Balaban J connectivity index is 3.12. The van der Waals surface area contributed by atoms with E-state index in [4.69, 9.17) is 16.7 Å². The second kappa shape index (κ2) is 5.27. The summed E-state index contributed by atoms with van der Waals surface area (Å²) >= 11 is 5.76. The Morgan fingerprint density at radius 1 is 1.56 bits per heavy atom. The van der Waals surface area contributed by atoms with Crippen LogP contribution in [0.25, 0.3) is 0 Å². The van der Waals surface area contributed by atoms with Gasteiger partial charge in [0, 0.05) is 16.6 Å². The van der Waals surface area contributed by atoms with Gasteiger partial charge in [0.2, 0.25) is 0 Å². The second-order valence-corrected chi connectivity index (χ2v) is 4.00. The first kappa shape index (κ1) is 12.9. The Kier molecular flexibility index (Phi) is 4.26. The molecule has 1 rings (SSSR count). The number of aliphatic carboxylic acids is 1. The van der Waals surface area contributed by atoms with E-state index in [1.807, 2.05) is 0 Å². The fourth-order valence-corrected chi connectivity index (χ4v) is 1.75. The number of hydrogen-bond donors (Lipinski definition) is 2. The largest absolute Gasteiger partial charge is 0.481 e. The number of carbonyl (C=O) groups is 1. The van der Waals surface area contributed by atoms with Gasteiger partial charge < -0.3 is 10.4 Å². The van der Waals surface area contributed by atoms with Crippen molar-refractivity contribution in [2.24, 2.45) is 5.92 Å². The molecule has 5 heteroatoms. The number of halogens is 2. The first-order valence-corrected chi connectivity index (χ1v) is 5.20. The molecule has 88 valence electrons. The maximum Gasteiger partial charge on any atom is 0.308 e. The molecule has 0 radical (unpaired) electrons. The molecule has 0 saturated carbocycles. The van der Waals surface area contributed by atoms with Crippen molar-refractivity contribution < 1.29 is 14.3 Å². The number of nitrogens with one attached hydrogen (secondary N) is 1. The number of hydrogen-bond acceptors (Lipinski definition) is 2. The minimum absolute atomic E-state index is 0.268. The Bertz CT molecular complexity index is 398. The summed E-state index contributed by atoms with van der Waals surface area (Å²) in [5.41, 5.74) is 0.268. The maximum atomic E-state index is 13.5. The molecular formula is C11H13ClFNO2. The van der Waals surface area contributed by atoms with Crippen LogP contribution in [0, 0.1) is 11.7 Å². The zero-order valence-electron chi connectivity index (χ0n) is 9.00. The number of carboxylic acids is 1. The third kappa shape index (κ3) is 2.71. The summed E-state index contributed by atoms with van der Waals surface area (Å²) in [6.45, 7) is 1.52. The Labute approximate surface area is 98.2 Å². The molecule has 0 saturated heterocycles. The van der Waals surface area contributed by atoms with Gasteiger partial charge in [-0.1, -0.05) is 18.5 Å². The summed E-state index contributed by atoms with van der Waals surface area (Å²) in [5, 5.41) is 12.1. The van der Waals surface area contributed by atoms with Crippen LogP contribution in [0.15, 0.2) is 18.2 Å². The van der Waals surface area contributed by atoms with E-state index in [0.717, 1.165) is 0 Å². The van der Waals surface area contributed by atoms with Crippen LogP contribution in [0.1, 0.15) is 18.5 Å². The van der Waals surface area contributed by atoms with Gasteiger partial charge in [-0.3, -0.25) is 4.79 Å². The van der Waals surface area contributed by atoms with E-state index < -0.39 is 23.7 Å². The maximum absolute atomic E-state index is 13.5. The average Bonchev–Trinajstić information content (AvgIpc) is 2.23. The molecular weight excluding hydrogens is 233 g/mol. The number of benzene rings is 1. The molecule has 0 amide bonds. The zero-order chi connectivity index (χ0) is 12.3. The standard InChI is InChI=1S/C11H13ClFNO2/c1-6(11(15)16)10(14-2)8-5-7(12)3-4-9(8)13/h3-6,10,14H,1-2H3,(H,15,16). The lowest BCUT2D eigenvalue weighted by atomic mass is 9.94. The third-order valence-electron chi connectivity index (χ3n) is 2.49. The molecule has 0 aliphatic carbocycles. The van der Waals surface area contributed by atoms with Crippen molar-refractivity contribution in [3.05, 3.63) is 34.6 Å². The van der Waals surface area contributed by atoms with Crippen LogP contribution >= 0.6 is 11.6 Å². The molecule has 0 bridgehead atoms. The highest BCUT2D eigenvalue weighted by molar-refractivity contribution is 6.30. The molecule has 0 aliphatic rings. The van der Waals surface area contributed by atoms with E-state index in [1.54, 1.807) is 7.05 Å². The van der Waals surface area contributed by atoms with Gasteiger partial charge in [0.1, 0.15) is 5.82 Å². The smallest absolute Gasteiger partial charge is 0.308 e. The minimum atomic E-state index is -0.987. The van der Waals surface area contributed by atoms with Crippen LogP contribution in [-0.4, -0.2) is 18.1 Å². The van der Waals surface area contributed by atoms with E-state index in [9.17, 15) is 9.18 Å². The lowest BCUT2D eigenvalue weighted by Crippen LogP contribution is -2.29. The van der Waals surface area contributed by atoms with Crippen LogP contribution in [0.2, 0.25) is 5.02 Å². The zero-order valence-corrected chi connectivity index (χ0v) is 9.75. The fourth-order valence-electron chi connectivity index (χ4n) is 1.57. The second-order valence-electron chi connectivity index (χ2n) is 3.56. The van der Waals surface area contributed by atoms with E-state index in [0.29, 0.717) is 5.02 Å². The molecule has 2 unspecified atom stereocenters. The van der Waals surface area contributed by atoms with Gasteiger partial charge in [0.05, 0.1) is 5.92 Å². The van der Waals surface area contributed by atoms with Crippen molar-refractivity contribution in [2.45, 2.75) is 13.0 Å². The SMILES string of the molecule is CNC(c1cc(Cl)ccc1F)C(C)C(=O)O. The molecule has 1 aromatic carbocycles. The molecule has 1 aromatic rings. The van der Waals surface area contributed by atoms with Gasteiger partial charge in [-0.2, -0.15) is 0 Å². The van der Waals surface area contributed by atoms with Gasteiger partial charge in [0.15, 0.2) is 0 Å². The summed E-state index contributed by atoms with van der Waals surface area (Å²) in [6, 6.07) is 3.50. The van der Waals surface area contributed by atoms with Crippen LogP contribution in [0.5, 0.6) is 0 Å². The van der Waals surface area contributed by atoms with Crippen LogP contribution in [-0.2, 0) is 4.79 Å². The van der Waals surface area contributed by atoms with E-state index >= 15 is 0 Å². The molecule has 0 spiro atoms. The first-order valence-electron chi connectivity index (χ1n) is 4.82. The topological polar surface area (TPSA) is 49.3 Å². The van der Waals surface area contributed by atoms with Gasteiger partial charge in [0.25, 0.3) is 0 Å². The first-order chi connectivity index (χ1) is 7.47. The van der Waals surface area contributed by atoms with E-state index in [1.165, 1.54) is 25.1 Å². The van der Waals surface area contributed by atoms with Gasteiger partial charge in [-0.25, -0.2) is 4.39 Å². The summed E-state index contributed by atoms with van der Waals surface area (Å²) in [7, 11) is 1.59. The quantitative estimate of drug-likeness (QED) is 0.857. The Morgan fingerprint density at radius 3 is 2.69 bits per heavy atom. The molecule has 16 heavy (non-hydrogen) atoms. The molecule has 2 atom stereocenters. The molecule has 0 heterocycles. The van der Waals surface area contributed by atoms with Crippen molar-refractivity contribution in [1.29, 1.82) is 0 Å². The minimum Gasteiger partial charge on any atom is -0.481 e. The van der Waals surface area contributed by atoms with Crippen LogP contribution < -0.4 is 5.32 Å². The van der Waals surface area contributed by atoms with E-state index in [-0.39, 0.29) is 5.56 Å². The Morgan fingerprint density at radius 2 is 2.19 bits per heavy atom. The summed E-state index contributed by atoms with van der Waals surface area (Å²) in [6.07, 6.45) is 0. The van der Waals surface area contributed by atoms with Crippen molar-refractivity contribution in [2.75, 3.05) is 7.05 Å². The normalized spacial score (nSPS) is 14.5. The Hall–Kier alpha value is -1.13. The molecule has 2 N–H and O–H groups in total. The van der Waals surface area contributed by atoms with Gasteiger partial charge in [-0.15, -0.1) is 0 Å². The number of carboxylic acid groups (broad SMARTS) is 1. The van der Waals surface area contributed by atoms with E-state index in [2.05, 4.69) is 5.32 Å². The highest BCUT2D eigenvalue weighted by atomic mass is 35.5. The predicted octanol–water partition coefficient (Wildman–Crippen LogP) is 2.46. The highest BCUT2D eigenvalue weighted by Gasteiger charge is 2.26. The van der Waals surface area contributed by atoms with Crippen molar-refractivity contribution in [1.82, 2.24) is 5.32 Å². The number of rotatable bonds is 4. The monoisotopic (exact) mass is 245 g/mol. The average molecular weight is 246 g/mol. The van der Waals surface area contributed by atoms with Crippen LogP contribution in [0.3, 0.4) is 0 Å². The molecule has 0 fully saturated rings. The summed E-state index contributed by atoms with van der Waals surface area (Å²) < 4.78 is 13.5. The summed E-state index contributed by atoms with van der Waals surface area (Å²) in [4.78, 5) is 10.9.